The summed E-state index contributed by atoms with van der Waals surface area (Å²) >= 11 is 0. The minimum absolute atomic E-state index is 0.138. The maximum Gasteiger partial charge on any atom is 0.219 e. The number of aromatic hydroxyl groups is 1. The van der Waals surface area contributed by atoms with Gasteiger partial charge in [0.15, 0.2) is 0 Å². The van der Waals surface area contributed by atoms with E-state index in [-0.39, 0.29) is 11.3 Å². The zero-order valence-electron chi connectivity index (χ0n) is 19.8. The topological polar surface area (TPSA) is 52.6 Å². The summed E-state index contributed by atoms with van der Waals surface area (Å²) in [5, 5.41) is 13.9. The van der Waals surface area contributed by atoms with E-state index in [2.05, 4.69) is 23.2 Å². The molecule has 0 bridgehead atoms. The smallest absolute Gasteiger partial charge is 0.219 e. The van der Waals surface area contributed by atoms with Gasteiger partial charge in [-0.25, -0.2) is 0 Å². The Morgan fingerprint density at radius 1 is 1.25 bits per heavy atom. The fraction of sp³-hybridized carbons (Fsp3) is 0.731. The van der Waals surface area contributed by atoms with Gasteiger partial charge in [-0.15, -0.1) is 0 Å². The Bertz CT molecular complexity index is 696. The van der Waals surface area contributed by atoms with Crippen LogP contribution in [-0.4, -0.2) is 53.1 Å². The SMILES string of the molecule is CC[C@@]1(c2cccc(O)c2)CCCCN(CCCCNC(=O)CCCCC2CCSS2)C1. The number of nitrogens with zero attached hydrogens (tertiary/aromatic N) is 1. The zero-order valence-corrected chi connectivity index (χ0v) is 21.5. The van der Waals surface area contributed by atoms with Crippen LogP contribution in [0.25, 0.3) is 0 Å². The van der Waals surface area contributed by atoms with Gasteiger partial charge in [-0.3, -0.25) is 4.79 Å². The Labute approximate surface area is 203 Å². The molecule has 4 nitrogen and oxygen atoms in total. The molecule has 6 heteroatoms. The van der Waals surface area contributed by atoms with Crippen LogP contribution in [0.4, 0.5) is 0 Å². The number of phenolic OH excluding ortho intramolecular Hbond substituents is 1. The van der Waals surface area contributed by atoms with Crippen molar-refractivity contribution in [3.63, 3.8) is 0 Å². The van der Waals surface area contributed by atoms with Crippen LogP contribution in [0.3, 0.4) is 0 Å². The molecule has 2 heterocycles. The Morgan fingerprint density at radius 3 is 2.94 bits per heavy atom. The molecule has 1 aromatic carbocycles. The summed E-state index contributed by atoms with van der Waals surface area (Å²) in [7, 11) is 4.03. The summed E-state index contributed by atoms with van der Waals surface area (Å²) in [6.07, 6.45) is 12.4. The number of hydrogen-bond acceptors (Lipinski definition) is 5. The molecule has 2 aliphatic rings. The van der Waals surface area contributed by atoms with Gasteiger partial charge in [-0.05, 0) is 82.2 Å². The van der Waals surface area contributed by atoms with Crippen molar-refractivity contribution in [1.29, 1.82) is 0 Å². The largest absolute Gasteiger partial charge is 0.508 e. The first-order valence-electron chi connectivity index (χ1n) is 12.7. The van der Waals surface area contributed by atoms with Gasteiger partial charge in [0, 0.05) is 35.9 Å². The third-order valence-electron chi connectivity index (χ3n) is 7.17. The van der Waals surface area contributed by atoms with E-state index in [1.807, 2.05) is 33.7 Å². The number of nitrogens with one attached hydrogen (secondary N) is 1. The lowest BCUT2D eigenvalue weighted by molar-refractivity contribution is -0.121. The van der Waals surface area contributed by atoms with Crippen LogP contribution in [0.2, 0.25) is 0 Å². The Hall–Kier alpha value is -0.850. The molecule has 32 heavy (non-hydrogen) atoms. The lowest BCUT2D eigenvalue weighted by Gasteiger charge is -2.36. The molecule has 2 N–H and O–H groups in total. The molecule has 1 unspecified atom stereocenters. The standard InChI is InChI=1S/C26H42N2O2S2/c1-2-26(22-10-9-11-23(29)20-22)15-5-7-17-28(21-26)18-8-6-16-27-25(30)13-4-3-12-24-14-19-31-32-24/h9-11,20,24,29H,2-8,12-19,21H2,1H3,(H,27,30)/t24?,26-/m1/s1. The van der Waals surface area contributed by atoms with Crippen molar-refractivity contribution in [2.45, 2.75) is 88.2 Å². The molecular weight excluding hydrogens is 436 g/mol. The van der Waals surface area contributed by atoms with Crippen molar-refractivity contribution in [2.75, 3.05) is 31.9 Å². The fourth-order valence-corrected chi connectivity index (χ4v) is 8.17. The quantitative estimate of drug-likeness (QED) is 0.279. The van der Waals surface area contributed by atoms with Gasteiger partial charge in [0.25, 0.3) is 0 Å². The normalized spacial score (nSPS) is 24.3. The predicted octanol–water partition coefficient (Wildman–Crippen LogP) is 6.14. The summed E-state index contributed by atoms with van der Waals surface area (Å²) in [4.78, 5) is 14.7. The van der Waals surface area contributed by atoms with Gasteiger partial charge in [0.05, 0.1) is 0 Å². The van der Waals surface area contributed by atoms with Crippen LogP contribution in [0, 0.1) is 0 Å². The van der Waals surface area contributed by atoms with E-state index in [9.17, 15) is 9.90 Å². The van der Waals surface area contributed by atoms with Gasteiger partial charge in [-0.1, -0.05) is 53.5 Å². The van der Waals surface area contributed by atoms with Crippen molar-refractivity contribution >= 4 is 27.5 Å². The van der Waals surface area contributed by atoms with Crippen LogP contribution < -0.4 is 5.32 Å². The lowest BCUT2D eigenvalue weighted by atomic mass is 9.74. The van der Waals surface area contributed by atoms with E-state index in [0.29, 0.717) is 12.2 Å². The highest BCUT2D eigenvalue weighted by Gasteiger charge is 2.34. The molecule has 0 aromatic heterocycles. The molecule has 1 amide bonds. The second-order valence-corrected chi connectivity index (χ2v) is 12.3. The monoisotopic (exact) mass is 478 g/mol. The van der Waals surface area contributed by atoms with Crippen molar-refractivity contribution in [3.05, 3.63) is 29.8 Å². The van der Waals surface area contributed by atoms with E-state index in [4.69, 9.17) is 0 Å². The number of rotatable bonds is 12. The molecule has 2 atom stereocenters. The molecular formula is C26H42N2O2S2. The molecule has 0 radical (unpaired) electrons. The number of benzene rings is 1. The number of likely N-dealkylation sites (tertiary alicyclic amines) is 1. The van der Waals surface area contributed by atoms with Gasteiger partial charge < -0.3 is 15.3 Å². The molecule has 2 saturated heterocycles. The highest BCUT2D eigenvalue weighted by atomic mass is 33.1. The van der Waals surface area contributed by atoms with Crippen molar-refractivity contribution in [2.24, 2.45) is 0 Å². The van der Waals surface area contributed by atoms with Crippen LogP contribution >= 0.6 is 21.6 Å². The molecule has 180 valence electrons. The third kappa shape index (κ3) is 8.18. The maximum atomic E-state index is 12.1. The third-order valence-corrected chi connectivity index (χ3v) is 10.2. The molecule has 3 rings (SSSR count). The zero-order chi connectivity index (χ0) is 22.7. The molecule has 1 aromatic rings. The van der Waals surface area contributed by atoms with E-state index in [1.54, 1.807) is 6.07 Å². The number of unbranched alkanes of at least 4 members (excludes halogenated alkanes) is 2. The van der Waals surface area contributed by atoms with Gasteiger partial charge >= 0.3 is 0 Å². The summed E-state index contributed by atoms with van der Waals surface area (Å²) in [5.41, 5.74) is 1.42. The summed E-state index contributed by atoms with van der Waals surface area (Å²) in [5.74, 6) is 1.89. The van der Waals surface area contributed by atoms with Gasteiger partial charge in [-0.2, -0.15) is 0 Å². The van der Waals surface area contributed by atoms with Crippen molar-refractivity contribution in [3.8, 4) is 5.75 Å². The predicted molar refractivity (Wildman–Crippen MR) is 140 cm³/mol. The molecule has 2 aliphatic heterocycles. The molecule has 0 saturated carbocycles. The van der Waals surface area contributed by atoms with Crippen LogP contribution in [0.15, 0.2) is 24.3 Å². The summed E-state index contributed by atoms with van der Waals surface area (Å²) in [6, 6.07) is 7.90. The van der Waals surface area contributed by atoms with Crippen LogP contribution in [-0.2, 0) is 10.2 Å². The number of hydrogen-bond donors (Lipinski definition) is 2. The molecule has 0 aliphatic carbocycles. The molecule has 0 spiro atoms. The number of amides is 1. The average Bonchev–Trinajstić information content (AvgIpc) is 3.22. The Kier molecular flexibility index (Phi) is 11.1. The minimum Gasteiger partial charge on any atom is -0.508 e. The van der Waals surface area contributed by atoms with E-state index in [0.717, 1.165) is 57.1 Å². The Morgan fingerprint density at radius 2 is 2.16 bits per heavy atom. The lowest BCUT2D eigenvalue weighted by Crippen LogP contribution is -2.39. The minimum atomic E-state index is 0.138. The number of carbonyl (C=O) groups excluding carboxylic acids is 1. The van der Waals surface area contributed by atoms with E-state index >= 15 is 0 Å². The van der Waals surface area contributed by atoms with Gasteiger partial charge in [0.2, 0.25) is 5.91 Å². The maximum absolute atomic E-state index is 12.1. The first-order chi connectivity index (χ1) is 15.6. The van der Waals surface area contributed by atoms with E-state index in [1.165, 1.54) is 49.8 Å². The van der Waals surface area contributed by atoms with Crippen LogP contribution in [0.1, 0.15) is 83.1 Å². The van der Waals surface area contributed by atoms with Gasteiger partial charge in [0.1, 0.15) is 5.75 Å². The molecule has 2 fully saturated rings. The highest BCUT2D eigenvalue weighted by Crippen LogP contribution is 2.40. The fourth-order valence-electron chi connectivity index (χ4n) is 5.14. The first kappa shape index (κ1) is 25.8. The summed E-state index contributed by atoms with van der Waals surface area (Å²) < 4.78 is 0. The van der Waals surface area contributed by atoms with Crippen molar-refractivity contribution < 1.29 is 9.90 Å². The van der Waals surface area contributed by atoms with Crippen LogP contribution in [0.5, 0.6) is 5.75 Å². The summed E-state index contributed by atoms with van der Waals surface area (Å²) in [6.45, 7) is 6.40. The average molecular weight is 479 g/mol. The second-order valence-electron chi connectivity index (χ2n) is 9.55. The Balaban J connectivity index is 1.32. The highest BCUT2D eigenvalue weighted by molar-refractivity contribution is 8.77. The van der Waals surface area contributed by atoms with Crippen molar-refractivity contribution in [1.82, 2.24) is 10.2 Å². The number of phenols is 1. The first-order valence-corrected chi connectivity index (χ1v) is 15.1. The number of carbonyl (C=O) groups is 1. The second kappa shape index (κ2) is 13.8. The van der Waals surface area contributed by atoms with E-state index < -0.39 is 0 Å².